The Balaban J connectivity index is 1.90. The van der Waals surface area contributed by atoms with Gasteiger partial charge in [0.05, 0.1) is 7.11 Å². The van der Waals surface area contributed by atoms with E-state index in [4.69, 9.17) is 17.0 Å². The first kappa shape index (κ1) is 15.2. The summed E-state index contributed by atoms with van der Waals surface area (Å²) in [5.74, 6) is -0.793. The van der Waals surface area contributed by atoms with Crippen LogP contribution in [0.25, 0.3) is 0 Å². The largest absolute Gasteiger partial charge is 0.494 e. The highest BCUT2D eigenvalue weighted by Crippen LogP contribution is 2.23. The number of ether oxygens (including phenoxy) is 1. The molecule has 112 valence electrons. The molecule has 0 atom stereocenters. The zero-order chi connectivity index (χ0) is 15.2. The molecule has 5 nitrogen and oxygen atoms in total. The highest BCUT2D eigenvalue weighted by Gasteiger charge is 2.13. The second-order valence-corrected chi connectivity index (χ2v) is 4.52. The molecule has 1 aromatic carbocycles. The molecule has 0 saturated carbocycles. The first-order valence-corrected chi connectivity index (χ1v) is 6.57. The number of benzene rings is 1. The first-order valence-electron chi connectivity index (χ1n) is 6.17. The topological polar surface area (TPSA) is 62.0 Å². The van der Waals surface area contributed by atoms with E-state index in [0.717, 1.165) is 0 Å². The second kappa shape index (κ2) is 6.98. The number of rotatable bonds is 5. The number of halogens is 2. The molecule has 1 heterocycles. The van der Waals surface area contributed by atoms with Crippen LogP contribution in [0.2, 0.25) is 0 Å². The fourth-order valence-electron chi connectivity index (χ4n) is 1.75. The number of hydrogen-bond donors (Lipinski definition) is 3. The van der Waals surface area contributed by atoms with E-state index in [1.807, 2.05) is 0 Å². The van der Waals surface area contributed by atoms with Crippen LogP contribution in [0.3, 0.4) is 0 Å². The van der Waals surface area contributed by atoms with Crippen molar-refractivity contribution >= 4 is 23.3 Å². The maximum Gasteiger partial charge on any atom is 0.206 e. The number of anilines is 1. The van der Waals surface area contributed by atoms with Crippen molar-refractivity contribution in [1.29, 1.82) is 0 Å². The van der Waals surface area contributed by atoms with Gasteiger partial charge in [-0.05, 0) is 30.8 Å². The van der Waals surface area contributed by atoms with Crippen molar-refractivity contribution in [2.24, 2.45) is 0 Å². The van der Waals surface area contributed by atoms with Crippen LogP contribution >= 0.6 is 12.2 Å². The van der Waals surface area contributed by atoms with Gasteiger partial charge in [-0.3, -0.25) is 0 Å². The van der Waals surface area contributed by atoms with Crippen LogP contribution in [0, 0.1) is 11.6 Å². The molecule has 8 heteroatoms. The van der Waals surface area contributed by atoms with E-state index in [-0.39, 0.29) is 24.3 Å². The van der Waals surface area contributed by atoms with Crippen molar-refractivity contribution < 1.29 is 13.5 Å². The van der Waals surface area contributed by atoms with Gasteiger partial charge in [0, 0.05) is 24.5 Å². The maximum absolute atomic E-state index is 13.9. The summed E-state index contributed by atoms with van der Waals surface area (Å²) in [6, 6.07) is 2.43. The molecule has 2 aromatic rings. The van der Waals surface area contributed by atoms with Gasteiger partial charge >= 0.3 is 0 Å². The minimum atomic E-state index is -0.691. The lowest BCUT2D eigenvalue weighted by atomic mass is 10.1. The van der Waals surface area contributed by atoms with Crippen LogP contribution in [-0.2, 0) is 6.42 Å². The zero-order valence-electron chi connectivity index (χ0n) is 11.2. The Morgan fingerprint density at radius 2 is 2.24 bits per heavy atom. The Labute approximate surface area is 125 Å². The van der Waals surface area contributed by atoms with Crippen LogP contribution in [0.15, 0.2) is 24.5 Å². The molecule has 0 spiro atoms. The van der Waals surface area contributed by atoms with Gasteiger partial charge in [0.1, 0.15) is 5.82 Å². The lowest BCUT2D eigenvalue weighted by Gasteiger charge is -2.11. The van der Waals surface area contributed by atoms with Gasteiger partial charge in [-0.25, -0.2) is 13.8 Å². The predicted octanol–water partition coefficient (Wildman–Crippen LogP) is 2.23. The van der Waals surface area contributed by atoms with E-state index in [9.17, 15) is 8.78 Å². The first-order chi connectivity index (χ1) is 10.1. The molecule has 2 rings (SSSR count). The monoisotopic (exact) mass is 312 g/mol. The smallest absolute Gasteiger partial charge is 0.206 e. The molecular formula is C13H14F2N4OS. The van der Waals surface area contributed by atoms with Gasteiger partial charge in [-0.15, -0.1) is 0 Å². The number of nitrogens with one attached hydrogen (secondary N) is 3. The van der Waals surface area contributed by atoms with E-state index >= 15 is 0 Å². The molecule has 0 aliphatic heterocycles. The van der Waals surface area contributed by atoms with Crippen molar-refractivity contribution in [3.63, 3.8) is 0 Å². The van der Waals surface area contributed by atoms with Crippen molar-refractivity contribution in [2.75, 3.05) is 19.0 Å². The second-order valence-electron chi connectivity index (χ2n) is 4.11. The average molecular weight is 312 g/mol. The fraction of sp³-hybridized carbons (Fsp3) is 0.231. The number of H-pyrrole nitrogens is 1. The minimum absolute atomic E-state index is 0.0164. The van der Waals surface area contributed by atoms with Gasteiger partial charge in [-0.1, -0.05) is 0 Å². The van der Waals surface area contributed by atoms with Gasteiger partial charge in [0.25, 0.3) is 0 Å². The maximum atomic E-state index is 13.9. The Bertz CT molecular complexity index is 619. The molecule has 0 bridgehead atoms. The minimum Gasteiger partial charge on any atom is -0.494 e. The lowest BCUT2D eigenvalue weighted by molar-refractivity contribution is 0.380. The molecule has 1 aromatic heterocycles. The number of aromatic amines is 1. The molecule has 0 saturated heterocycles. The third-order valence-corrected chi connectivity index (χ3v) is 3.01. The summed E-state index contributed by atoms with van der Waals surface area (Å²) >= 11 is 5.04. The molecule has 21 heavy (non-hydrogen) atoms. The van der Waals surface area contributed by atoms with E-state index in [1.54, 1.807) is 12.4 Å². The van der Waals surface area contributed by atoms with Crippen molar-refractivity contribution in [3.8, 4) is 5.75 Å². The summed E-state index contributed by atoms with van der Waals surface area (Å²) in [4.78, 5) is 6.77. The number of hydrogen-bond acceptors (Lipinski definition) is 3. The Kier molecular flexibility index (Phi) is 5.04. The summed E-state index contributed by atoms with van der Waals surface area (Å²) in [6.45, 7) is 0.271. The van der Waals surface area contributed by atoms with Gasteiger partial charge in [0.15, 0.2) is 16.7 Å². The predicted molar refractivity (Wildman–Crippen MR) is 79.4 cm³/mol. The normalized spacial score (nSPS) is 10.2. The number of nitrogens with zero attached hydrogens (tertiary/aromatic N) is 1. The van der Waals surface area contributed by atoms with Crippen molar-refractivity contribution in [3.05, 3.63) is 41.7 Å². The standard InChI is InChI=1S/C13H14F2N4OS/c1-20-10-3-2-9(14)8(11(10)15)4-5-18-13(21)19-12-16-6-7-17-12/h2-3,6-7H,4-5H2,1H3,(H3,16,17,18,19,21). The van der Waals surface area contributed by atoms with E-state index in [0.29, 0.717) is 11.1 Å². The summed E-state index contributed by atoms with van der Waals surface area (Å²) in [5.41, 5.74) is -0.0392. The molecular weight excluding hydrogens is 298 g/mol. The number of thiocarbonyl (C=S) groups is 1. The van der Waals surface area contributed by atoms with Crippen molar-refractivity contribution in [1.82, 2.24) is 15.3 Å². The summed E-state index contributed by atoms with van der Waals surface area (Å²) in [5, 5.41) is 5.96. The van der Waals surface area contributed by atoms with Gasteiger partial charge in [-0.2, -0.15) is 0 Å². The van der Waals surface area contributed by atoms with Gasteiger partial charge in [0.2, 0.25) is 5.95 Å². The van der Waals surface area contributed by atoms with Crippen molar-refractivity contribution in [2.45, 2.75) is 6.42 Å². The quantitative estimate of drug-likeness (QED) is 0.739. The Morgan fingerprint density at radius 3 is 2.90 bits per heavy atom. The summed E-state index contributed by atoms with van der Waals surface area (Å²) in [7, 11) is 1.33. The van der Waals surface area contributed by atoms with Crippen LogP contribution < -0.4 is 15.4 Å². The SMILES string of the molecule is COc1ccc(F)c(CCNC(=S)Nc2ncc[nH]2)c1F. The van der Waals surface area contributed by atoms with Crippen LogP contribution in [0.1, 0.15) is 5.56 Å². The molecule has 0 radical (unpaired) electrons. The van der Waals surface area contributed by atoms with E-state index in [1.165, 1.54) is 19.2 Å². The summed E-state index contributed by atoms with van der Waals surface area (Å²) < 4.78 is 32.3. The number of imidazole rings is 1. The van der Waals surface area contributed by atoms with Crippen LogP contribution in [0.5, 0.6) is 5.75 Å². The highest BCUT2D eigenvalue weighted by molar-refractivity contribution is 7.80. The molecule has 0 aliphatic rings. The van der Waals surface area contributed by atoms with E-state index < -0.39 is 11.6 Å². The molecule has 0 unspecified atom stereocenters. The van der Waals surface area contributed by atoms with Crippen LogP contribution in [0.4, 0.5) is 14.7 Å². The Morgan fingerprint density at radius 1 is 1.43 bits per heavy atom. The number of methoxy groups -OCH3 is 1. The molecule has 3 N–H and O–H groups in total. The molecule has 0 fully saturated rings. The number of aromatic nitrogens is 2. The highest BCUT2D eigenvalue weighted by atomic mass is 32.1. The third-order valence-electron chi connectivity index (χ3n) is 2.76. The zero-order valence-corrected chi connectivity index (χ0v) is 12.1. The molecule has 0 aliphatic carbocycles. The van der Waals surface area contributed by atoms with E-state index in [2.05, 4.69) is 20.6 Å². The Hall–Kier alpha value is -2.22. The lowest BCUT2D eigenvalue weighted by Crippen LogP contribution is -2.30. The average Bonchev–Trinajstić information content (AvgIpc) is 2.95. The van der Waals surface area contributed by atoms with Gasteiger partial charge < -0.3 is 20.4 Å². The van der Waals surface area contributed by atoms with Crippen LogP contribution in [-0.4, -0.2) is 28.7 Å². The molecule has 0 amide bonds. The third kappa shape index (κ3) is 3.88. The summed E-state index contributed by atoms with van der Waals surface area (Å²) in [6.07, 6.45) is 3.35. The fourth-order valence-corrected chi connectivity index (χ4v) is 1.95.